The van der Waals surface area contributed by atoms with Crippen molar-refractivity contribution in [3.8, 4) is 0 Å². The Balaban J connectivity index is 1.71. The summed E-state index contributed by atoms with van der Waals surface area (Å²) < 4.78 is 29.2. The van der Waals surface area contributed by atoms with Crippen LogP contribution in [0.2, 0.25) is 5.02 Å². The number of aliphatic hydroxyl groups is 1. The van der Waals surface area contributed by atoms with Crippen molar-refractivity contribution in [3.63, 3.8) is 0 Å². The molecule has 3 N–H and O–H groups in total. The summed E-state index contributed by atoms with van der Waals surface area (Å²) in [7, 11) is 0. The molecule has 0 saturated carbocycles. The lowest BCUT2D eigenvalue weighted by atomic mass is 9.94. The molecule has 6 nitrogen and oxygen atoms in total. The van der Waals surface area contributed by atoms with E-state index in [1.54, 1.807) is 30.3 Å². The molecule has 164 valence electrons. The number of rotatable bonds is 5. The molecule has 1 unspecified atom stereocenters. The van der Waals surface area contributed by atoms with Crippen LogP contribution < -0.4 is 15.5 Å². The van der Waals surface area contributed by atoms with E-state index in [0.29, 0.717) is 16.3 Å². The minimum absolute atomic E-state index is 0.0220. The van der Waals surface area contributed by atoms with Crippen molar-refractivity contribution >= 4 is 34.9 Å². The van der Waals surface area contributed by atoms with E-state index in [-0.39, 0.29) is 17.8 Å². The molecular weight excluding hydrogens is 440 g/mol. The van der Waals surface area contributed by atoms with Gasteiger partial charge in [-0.15, -0.1) is 0 Å². The second-order valence-corrected chi connectivity index (χ2v) is 7.62. The Labute approximate surface area is 187 Å². The van der Waals surface area contributed by atoms with Crippen LogP contribution in [0.1, 0.15) is 11.1 Å². The molecule has 3 amide bonds. The molecule has 3 aromatic rings. The molecule has 1 aliphatic heterocycles. The molecule has 1 aliphatic rings. The number of nitrogens with zero attached hydrogens (tertiary/aromatic N) is 1. The van der Waals surface area contributed by atoms with E-state index >= 15 is 0 Å². The Morgan fingerprint density at radius 2 is 1.69 bits per heavy atom. The molecule has 9 heteroatoms. The maximum atomic E-state index is 14.6. The molecule has 0 fully saturated rings. The molecule has 1 heterocycles. The average Bonchev–Trinajstić information content (AvgIpc) is 2.77. The van der Waals surface area contributed by atoms with Gasteiger partial charge >= 0.3 is 6.03 Å². The van der Waals surface area contributed by atoms with E-state index in [4.69, 9.17) is 11.6 Å². The first kappa shape index (κ1) is 21.7. The summed E-state index contributed by atoms with van der Waals surface area (Å²) in [5.74, 6) is -3.21. The highest BCUT2D eigenvalue weighted by Crippen LogP contribution is 2.41. The molecule has 0 spiro atoms. The maximum absolute atomic E-state index is 14.6. The highest BCUT2D eigenvalue weighted by molar-refractivity contribution is 6.30. The lowest BCUT2D eigenvalue weighted by Crippen LogP contribution is -2.63. The third kappa shape index (κ3) is 3.79. The second-order valence-electron chi connectivity index (χ2n) is 7.19. The molecule has 0 aromatic heterocycles. The van der Waals surface area contributed by atoms with Crippen LogP contribution in [0.3, 0.4) is 0 Å². The van der Waals surface area contributed by atoms with Crippen LogP contribution in [0, 0.1) is 11.6 Å². The van der Waals surface area contributed by atoms with Gasteiger partial charge in [0, 0.05) is 17.1 Å². The van der Waals surface area contributed by atoms with Gasteiger partial charge in [0.25, 0.3) is 11.6 Å². The lowest BCUT2D eigenvalue weighted by Gasteiger charge is -2.42. The van der Waals surface area contributed by atoms with Gasteiger partial charge in [0.15, 0.2) is 0 Å². The number of carbonyl (C=O) groups excluding carboxylic acids is 2. The van der Waals surface area contributed by atoms with E-state index in [9.17, 15) is 23.5 Å². The highest BCUT2D eigenvalue weighted by Gasteiger charge is 2.53. The number of urea groups is 1. The Morgan fingerprint density at radius 1 is 1.03 bits per heavy atom. The summed E-state index contributed by atoms with van der Waals surface area (Å²) in [5, 5.41) is 17.2. The van der Waals surface area contributed by atoms with Gasteiger partial charge in [0.1, 0.15) is 17.3 Å². The van der Waals surface area contributed by atoms with Crippen LogP contribution in [0.4, 0.5) is 25.0 Å². The number of hydrogen-bond donors (Lipinski definition) is 3. The molecule has 4 rings (SSSR count). The van der Waals surface area contributed by atoms with Gasteiger partial charge in [-0.2, -0.15) is 0 Å². The third-order valence-electron chi connectivity index (χ3n) is 5.16. The third-order valence-corrected chi connectivity index (χ3v) is 5.41. The summed E-state index contributed by atoms with van der Waals surface area (Å²) in [4.78, 5) is 26.5. The number of benzene rings is 3. The SMILES string of the molecule is O=C1Nc2ccccc2C(O)(C(=O)NCCc2ccc(Cl)cc2)N1c1c(F)cccc1F. The lowest BCUT2D eigenvalue weighted by molar-refractivity contribution is -0.140. The normalized spacial score (nSPS) is 17.5. The standard InChI is InChI=1S/C23H18ClF2N3O3/c24-15-10-8-14(9-11-15)12-13-27-21(30)23(32)16-4-1-2-7-19(16)28-22(31)29(23)20-17(25)5-3-6-18(20)26/h1-11,32H,12-13H2,(H,27,30)(H,28,31). The van der Waals surface area contributed by atoms with Crippen molar-refractivity contribution < 1.29 is 23.5 Å². The number of anilines is 2. The predicted molar refractivity (Wildman–Crippen MR) is 116 cm³/mol. The van der Waals surface area contributed by atoms with Gasteiger partial charge in [0.05, 0.1) is 5.69 Å². The fourth-order valence-electron chi connectivity index (χ4n) is 3.62. The van der Waals surface area contributed by atoms with E-state index in [1.807, 2.05) is 0 Å². The van der Waals surface area contributed by atoms with Crippen molar-refractivity contribution in [2.45, 2.75) is 12.1 Å². The number of halogens is 3. The number of hydrogen-bond acceptors (Lipinski definition) is 3. The number of carbonyl (C=O) groups is 2. The number of fused-ring (bicyclic) bond motifs is 1. The Hall–Kier alpha value is -3.49. The van der Waals surface area contributed by atoms with Gasteiger partial charge in [-0.05, 0) is 42.3 Å². The number of amides is 3. The van der Waals surface area contributed by atoms with E-state index < -0.39 is 35.0 Å². The first-order valence-electron chi connectivity index (χ1n) is 9.72. The van der Waals surface area contributed by atoms with Crippen LogP contribution in [-0.2, 0) is 16.9 Å². The fourth-order valence-corrected chi connectivity index (χ4v) is 3.75. The van der Waals surface area contributed by atoms with E-state index in [0.717, 1.165) is 23.8 Å². The second kappa shape index (κ2) is 8.57. The van der Waals surface area contributed by atoms with Crippen LogP contribution in [0.15, 0.2) is 66.7 Å². The largest absolute Gasteiger partial charge is 0.359 e. The zero-order valence-electron chi connectivity index (χ0n) is 16.6. The highest BCUT2D eigenvalue weighted by atomic mass is 35.5. The minimum atomic E-state index is -2.69. The molecule has 0 saturated heterocycles. The maximum Gasteiger partial charge on any atom is 0.329 e. The quantitative estimate of drug-likeness (QED) is 0.537. The summed E-state index contributed by atoms with van der Waals surface area (Å²) >= 11 is 5.87. The number of para-hydroxylation sites is 2. The van der Waals surface area contributed by atoms with Gasteiger partial charge in [-0.1, -0.05) is 48.0 Å². The number of nitrogens with one attached hydrogen (secondary N) is 2. The van der Waals surface area contributed by atoms with E-state index in [1.165, 1.54) is 18.2 Å². The first-order valence-corrected chi connectivity index (χ1v) is 10.1. The van der Waals surface area contributed by atoms with Gasteiger partial charge in [0.2, 0.25) is 0 Å². The Morgan fingerprint density at radius 3 is 2.38 bits per heavy atom. The molecule has 0 bridgehead atoms. The van der Waals surface area contributed by atoms with Crippen LogP contribution in [0.25, 0.3) is 0 Å². The predicted octanol–water partition coefficient (Wildman–Crippen LogP) is 4.17. The zero-order valence-corrected chi connectivity index (χ0v) is 17.4. The zero-order chi connectivity index (χ0) is 22.9. The topological polar surface area (TPSA) is 81.7 Å². The average molecular weight is 458 g/mol. The summed E-state index contributed by atoms with van der Waals surface area (Å²) in [5.41, 5.74) is -2.52. The summed E-state index contributed by atoms with van der Waals surface area (Å²) in [6, 6.07) is 14.9. The molecular formula is C23H18ClF2N3O3. The summed E-state index contributed by atoms with van der Waals surface area (Å²) in [6.45, 7) is 0.0974. The van der Waals surface area contributed by atoms with Crippen molar-refractivity contribution in [2.75, 3.05) is 16.8 Å². The Kier molecular flexibility index (Phi) is 5.82. The molecule has 3 aromatic carbocycles. The smallest absolute Gasteiger partial charge is 0.329 e. The Bertz CT molecular complexity index is 1170. The van der Waals surface area contributed by atoms with Crippen molar-refractivity contribution in [3.05, 3.63) is 94.5 Å². The van der Waals surface area contributed by atoms with Gasteiger partial charge < -0.3 is 15.7 Å². The van der Waals surface area contributed by atoms with Crippen molar-refractivity contribution in [1.29, 1.82) is 0 Å². The van der Waals surface area contributed by atoms with Crippen molar-refractivity contribution in [1.82, 2.24) is 5.32 Å². The van der Waals surface area contributed by atoms with Gasteiger partial charge in [-0.3, -0.25) is 4.79 Å². The van der Waals surface area contributed by atoms with E-state index in [2.05, 4.69) is 10.6 Å². The monoisotopic (exact) mass is 457 g/mol. The van der Waals surface area contributed by atoms with Crippen LogP contribution in [0.5, 0.6) is 0 Å². The van der Waals surface area contributed by atoms with Crippen LogP contribution in [-0.4, -0.2) is 23.6 Å². The van der Waals surface area contributed by atoms with Crippen LogP contribution >= 0.6 is 11.6 Å². The van der Waals surface area contributed by atoms with Gasteiger partial charge in [-0.25, -0.2) is 18.5 Å². The molecule has 0 aliphatic carbocycles. The first-order chi connectivity index (χ1) is 15.3. The fraction of sp³-hybridized carbons (Fsp3) is 0.130. The molecule has 0 radical (unpaired) electrons. The molecule has 1 atom stereocenters. The molecule has 32 heavy (non-hydrogen) atoms. The minimum Gasteiger partial charge on any atom is -0.359 e. The summed E-state index contributed by atoms with van der Waals surface area (Å²) in [6.07, 6.45) is 0.404. The van der Waals surface area contributed by atoms with Crippen molar-refractivity contribution in [2.24, 2.45) is 0 Å².